The molecular formula is C34H31F2N7O. The van der Waals surface area contributed by atoms with E-state index in [0.717, 1.165) is 49.9 Å². The fourth-order valence-corrected chi connectivity index (χ4v) is 6.38. The Kier molecular flexibility index (Phi) is 7.43. The molecule has 2 aromatic heterocycles. The number of carbonyl (C=O) groups is 1. The van der Waals surface area contributed by atoms with Gasteiger partial charge < -0.3 is 4.90 Å². The fraction of sp³-hybridized carbons (Fsp3) is 0.265. The number of benzene rings is 3. The molecule has 0 atom stereocenters. The van der Waals surface area contributed by atoms with Crippen LogP contribution in [0.5, 0.6) is 0 Å². The van der Waals surface area contributed by atoms with Crippen molar-refractivity contribution < 1.29 is 13.6 Å². The fourth-order valence-electron chi connectivity index (χ4n) is 6.38. The number of para-hydroxylation sites is 1. The van der Waals surface area contributed by atoms with Crippen LogP contribution in [0, 0.1) is 11.6 Å². The molecule has 0 unspecified atom stereocenters. The van der Waals surface area contributed by atoms with Crippen molar-refractivity contribution in [3.63, 3.8) is 0 Å². The molecular weight excluding hydrogens is 560 g/mol. The quantitative estimate of drug-likeness (QED) is 0.243. The molecule has 5 aromatic rings. The highest BCUT2D eigenvalue weighted by Gasteiger charge is 2.51. The number of hydrogen-bond acceptors (Lipinski definition) is 6. The van der Waals surface area contributed by atoms with Crippen LogP contribution in [0.4, 0.5) is 8.78 Å². The SMILES string of the molecule is O=C1N(CCCN2CCC(n3nnc4ccccc43)CC2)C(c2ccccn2)=NC1(c1ccc(F)cc1)c1ccc(F)cc1. The number of pyridine rings is 1. The molecule has 0 radical (unpaired) electrons. The van der Waals surface area contributed by atoms with E-state index in [2.05, 4.69) is 30.9 Å². The maximum absolute atomic E-state index is 14.5. The molecule has 1 fully saturated rings. The van der Waals surface area contributed by atoms with Gasteiger partial charge in [0.25, 0.3) is 5.91 Å². The molecule has 0 spiro atoms. The summed E-state index contributed by atoms with van der Waals surface area (Å²) < 4.78 is 30.0. The van der Waals surface area contributed by atoms with Gasteiger partial charge >= 0.3 is 0 Å². The summed E-state index contributed by atoms with van der Waals surface area (Å²) in [5.74, 6) is -0.658. The number of aromatic nitrogens is 4. The van der Waals surface area contributed by atoms with Gasteiger partial charge in [-0.3, -0.25) is 14.7 Å². The summed E-state index contributed by atoms with van der Waals surface area (Å²) in [5.41, 5.74) is 2.06. The number of likely N-dealkylation sites (tertiary alicyclic amines) is 1. The van der Waals surface area contributed by atoms with Gasteiger partial charge in [-0.15, -0.1) is 5.10 Å². The number of amidine groups is 1. The molecule has 44 heavy (non-hydrogen) atoms. The van der Waals surface area contributed by atoms with Gasteiger partial charge in [0.2, 0.25) is 0 Å². The molecule has 3 aromatic carbocycles. The topological polar surface area (TPSA) is 79.5 Å². The number of fused-ring (bicyclic) bond motifs is 1. The monoisotopic (exact) mass is 591 g/mol. The van der Waals surface area contributed by atoms with Crippen LogP contribution in [0.25, 0.3) is 11.0 Å². The molecule has 2 aliphatic heterocycles. The molecule has 10 heteroatoms. The Hall–Kier alpha value is -4.83. The first-order chi connectivity index (χ1) is 21.5. The van der Waals surface area contributed by atoms with Crippen LogP contribution in [0.3, 0.4) is 0 Å². The van der Waals surface area contributed by atoms with E-state index in [9.17, 15) is 13.6 Å². The van der Waals surface area contributed by atoms with Crippen molar-refractivity contribution in [1.82, 2.24) is 29.8 Å². The number of rotatable bonds is 8. The van der Waals surface area contributed by atoms with Crippen LogP contribution in [-0.4, -0.2) is 67.7 Å². The number of nitrogens with zero attached hydrogens (tertiary/aromatic N) is 7. The van der Waals surface area contributed by atoms with Crippen LogP contribution < -0.4 is 0 Å². The second-order valence-electron chi connectivity index (χ2n) is 11.3. The first kappa shape index (κ1) is 28.0. The number of carbonyl (C=O) groups excluding carboxylic acids is 1. The minimum atomic E-state index is -1.49. The van der Waals surface area contributed by atoms with Gasteiger partial charge in [-0.2, -0.15) is 0 Å². The number of amides is 1. The van der Waals surface area contributed by atoms with Gasteiger partial charge in [0, 0.05) is 25.8 Å². The number of hydrogen-bond donors (Lipinski definition) is 0. The predicted molar refractivity (Wildman–Crippen MR) is 163 cm³/mol. The average molecular weight is 592 g/mol. The highest BCUT2D eigenvalue weighted by Crippen LogP contribution is 2.41. The maximum atomic E-state index is 14.5. The summed E-state index contributed by atoms with van der Waals surface area (Å²) in [6, 6.07) is 25.4. The van der Waals surface area contributed by atoms with Crippen LogP contribution in [-0.2, 0) is 10.3 Å². The van der Waals surface area contributed by atoms with Crippen LogP contribution >= 0.6 is 0 Å². The zero-order chi connectivity index (χ0) is 30.1. The smallest absolute Gasteiger partial charge is 0.265 e. The highest BCUT2D eigenvalue weighted by molar-refractivity contribution is 6.16. The van der Waals surface area contributed by atoms with E-state index in [-0.39, 0.29) is 5.91 Å². The lowest BCUT2D eigenvalue weighted by atomic mass is 9.82. The second-order valence-corrected chi connectivity index (χ2v) is 11.3. The molecule has 1 amide bonds. The average Bonchev–Trinajstić information content (AvgIpc) is 3.62. The van der Waals surface area contributed by atoms with E-state index in [1.54, 1.807) is 35.4 Å². The molecule has 0 aliphatic carbocycles. The van der Waals surface area contributed by atoms with E-state index in [0.29, 0.717) is 35.2 Å². The van der Waals surface area contributed by atoms with Gasteiger partial charge in [0.05, 0.1) is 11.6 Å². The summed E-state index contributed by atoms with van der Waals surface area (Å²) in [6.45, 7) is 3.07. The van der Waals surface area contributed by atoms with E-state index in [1.165, 1.54) is 24.3 Å². The molecule has 222 valence electrons. The van der Waals surface area contributed by atoms with Gasteiger partial charge in [-0.1, -0.05) is 47.7 Å². The van der Waals surface area contributed by atoms with E-state index >= 15 is 0 Å². The van der Waals surface area contributed by atoms with E-state index < -0.39 is 17.2 Å². The van der Waals surface area contributed by atoms with Gasteiger partial charge in [0.1, 0.15) is 22.8 Å². The number of halogens is 2. The molecule has 0 bridgehead atoms. The lowest BCUT2D eigenvalue weighted by Gasteiger charge is -2.32. The normalized spacial score (nSPS) is 17.4. The first-order valence-corrected chi connectivity index (χ1v) is 14.9. The molecule has 2 aliphatic rings. The lowest BCUT2D eigenvalue weighted by Crippen LogP contribution is -2.43. The minimum Gasteiger partial charge on any atom is -0.303 e. The zero-order valence-electron chi connectivity index (χ0n) is 24.1. The summed E-state index contributed by atoms with van der Waals surface area (Å²) in [4.78, 5) is 28.2. The van der Waals surface area contributed by atoms with E-state index in [1.807, 2.05) is 36.4 Å². The van der Waals surface area contributed by atoms with Crippen LogP contribution in [0.15, 0.2) is 102 Å². The predicted octanol–water partition coefficient (Wildman–Crippen LogP) is 5.36. The third-order valence-corrected chi connectivity index (χ3v) is 8.64. The molecule has 1 saturated heterocycles. The van der Waals surface area contributed by atoms with E-state index in [4.69, 9.17) is 4.99 Å². The Morgan fingerprint density at radius 2 is 1.45 bits per heavy atom. The standard InChI is InChI=1S/C34H31F2N7O/c35-26-13-9-24(10-14-26)34(25-11-15-27(36)16-12-25)33(44)42(32(38-34)30-7-3-4-19-37-30)21-5-20-41-22-17-28(18-23-41)43-31-8-2-1-6-29(31)39-40-43/h1-4,6-16,19,28H,5,17-18,20-23H2. The Morgan fingerprint density at radius 3 is 2.11 bits per heavy atom. The van der Waals surface area contributed by atoms with Crippen LogP contribution in [0.1, 0.15) is 42.1 Å². The Bertz CT molecular complexity index is 1750. The summed E-state index contributed by atoms with van der Waals surface area (Å²) in [7, 11) is 0. The van der Waals surface area contributed by atoms with Crippen molar-refractivity contribution in [2.75, 3.05) is 26.2 Å². The molecule has 0 N–H and O–H groups in total. The van der Waals surface area contributed by atoms with Crippen molar-refractivity contribution >= 4 is 22.8 Å². The van der Waals surface area contributed by atoms with Gasteiger partial charge in [-0.25, -0.2) is 18.5 Å². The molecule has 8 nitrogen and oxygen atoms in total. The molecule has 4 heterocycles. The van der Waals surface area contributed by atoms with Gasteiger partial charge in [-0.05, 0) is 85.5 Å². The van der Waals surface area contributed by atoms with Crippen molar-refractivity contribution in [2.24, 2.45) is 4.99 Å². The Labute approximate surface area is 253 Å². The number of aliphatic imine (C=N–C) groups is 1. The third-order valence-electron chi connectivity index (χ3n) is 8.64. The molecule has 0 saturated carbocycles. The summed E-state index contributed by atoms with van der Waals surface area (Å²) in [6.07, 6.45) is 4.32. The molecule has 7 rings (SSSR count). The minimum absolute atomic E-state index is 0.270. The Balaban J connectivity index is 1.11. The van der Waals surface area contributed by atoms with Gasteiger partial charge in [0.15, 0.2) is 11.4 Å². The van der Waals surface area contributed by atoms with Crippen molar-refractivity contribution in [3.8, 4) is 0 Å². The highest BCUT2D eigenvalue weighted by atomic mass is 19.1. The number of piperidine rings is 1. The summed E-state index contributed by atoms with van der Waals surface area (Å²) >= 11 is 0. The third kappa shape index (κ3) is 5.05. The lowest BCUT2D eigenvalue weighted by molar-refractivity contribution is -0.130. The van der Waals surface area contributed by atoms with Crippen molar-refractivity contribution in [3.05, 3.63) is 126 Å². The van der Waals surface area contributed by atoms with Crippen molar-refractivity contribution in [2.45, 2.75) is 30.8 Å². The van der Waals surface area contributed by atoms with Crippen LogP contribution in [0.2, 0.25) is 0 Å². The zero-order valence-corrected chi connectivity index (χ0v) is 24.1. The summed E-state index contributed by atoms with van der Waals surface area (Å²) in [5, 5.41) is 8.74. The Morgan fingerprint density at radius 1 is 0.795 bits per heavy atom. The largest absolute Gasteiger partial charge is 0.303 e. The maximum Gasteiger partial charge on any atom is 0.265 e. The second kappa shape index (κ2) is 11.7. The first-order valence-electron chi connectivity index (χ1n) is 14.9. The van der Waals surface area contributed by atoms with Crippen molar-refractivity contribution in [1.29, 1.82) is 0 Å².